The van der Waals surface area contributed by atoms with Crippen LogP contribution < -0.4 is 10.1 Å². The van der Waals surface area contributed by atoms with E-state index in [2.05, 4.69) is 40.5 Å². The van der Waals surface area contributed by atoms with Crippen molar-refractivity contribution in [3.63, 3.8) is 0 Å². The lowest BCUT2D eigenvalue weighted by Crippen LogP contribution is -2.42. The lowest BCUT2D eigenvalue weighted by atomic mass is 10.1. The molecule has 0 atom stereocenters. The third-order valence-electron chi connectivity index (χ3n) is 3.81. The van der Waals surface area contributed by atoms with Crippen molar-refractivity contribution in [1.29, 1.82) is 0 Å². The fourth-order valence-corrected chi connectivity index (χ4v) is 2.62. The van der Waals surface area contributed by atoms with Crippen molar-refractivity contribution >= 4 is 12.4 Å². The molecule has 0 amide bonds. The van der Waals surface area contributed by atoms with Crippen LogP contribution in [0.15, 0.2) is 54.6 Å². The van der Waals surface area contributed by atoms with Crippen LogP contribution in [0, 0.1) is 0 Å². The molecule has 0 bridgehead atoms. The molecule has 0 unspecified atom stereocenters. The number of nitrogens with one attached hydrogen (secondary N) is 1. The number of hydrogen-bond donors (Lipinski definition) is 1. The molecule has 118 valence electrons. The first kappa shape index (κ1) is 16.8. The van der Waals surface area contributed by atoms with Gasteiger partial charge in [0.2, 0.25) is 0 Å². The first-order valence-electron chi connectivity index (χ1n) is 7.59. The van der Waals surface area contributed by atoms with E-state index in [1.807, 2.05) is 24.3 Å². The van der Waals surface area contributed by atoms with Gasteiger partial charge in [0.05, 0.1) is 0 Å². The van der Waals surface area contributed by atoms with Gasteiger partial charge < -0.3 is 10.1 Å². The summed E-state index contributed by atoms with van der Waals surface area (Å²) in [6.45, 7) is 5.95. The minimum Gasteiger partial charge on any atom is -0.489 e. The Kier molecular flexibility index (Phi) is 6.72. The molecule has 0 saturated carbocycles. The van der Waals surface area contributed by atoms with Crippen molar-refractivity contribution in [2.75, 3.05) is 26.2 Å². The minimum absolute atomic E-state index is 0. The molecule has 0 radical (unpaired) electrons. The summed E-state index contributed by atoms with van der Waals surface area (Å²) in [4.78, 5) is 2.47. The number of benzene rings is 2. The molecule has 1 aliphatic heterocycles. The van der Waals surface area contributed by atoms with Crippen molar-refractivity contribution in [3.8, 4) is 5.75 Å². The Morgan fingerprint density at radius 1 is 0.909 bits per heavy atom. The van der Waals surface area contributed by atoms with E-state index in [9.17, 15) is 0 Å². The summed E-state index contributed by atoms with van der Waals surface area (Å²) in [5.74, 6) is 1.000. The van der Waals surface area contributed by atoms with Gasteiger partial charge in [0, 0.05) is 38.3 Å². The van der Waals surface area contributed by atoms with Gasteiger partial charge in [-0.15, -0.1) is 12.4 Å². The van der Waals surface area contributed by atoms with Crippen LogP contribution in [0.2, 0.25) is 0 Å². The second-order valence-corrected chi connectivity index (χ2v) is 5.41. The SMILES string of the molecule is Cl.c1ccc(COc2ccccc2CN2CCNCC2)cc1. The molecule has 2 aromatic carbocycles. The molecule has 1 saturated heterocycles. The number of rotatable bonds is 5. The highest BCUT2D eigenvalue weighted by Crippen LogP contribution is 2.21. The molecule has 22 heavy (non-hydrogen) atoms. The maximum atomic E-state index is 6.02. The van der Waals surface area contributed by atoms with Crippen molar-refractivity contribution in [2.24, 2.45) is 0 Å². The molecule has 0 aromatic heterocycles. The Morgan fingerprint density at radius 2 is 1.59 bits per heavy atom. The Hall–Kier alpha value is -1.55. The number of piperazine rings is 1. The van der Waals surface area contributed by atoms with Crippen LogP contribution in [-0.4, -0.2) is 31.1 Å². The highest BCUT2D eigenvalue weighted by atomic mass is 35.5. The first-order chi connectivity index (χ1) is 10.4. The minimum atomic E-state index is 0. The summed E-state index contributed by atoms with van der Waals surface area (Å²) >= 11 is 0. The molecule has 3 rings (SSSR count). The summed E-state index contributed by atoms with van der Waals surface area (Å²) in [6.07, 6.45) is 0. The third-order valence-corrected chi connectivity index (χ3v) is 3.81. The molecule has 1 heterocycles. The topological polar surface area (TPSA) is 24.5 Å². The van der Waals surface area contributed by atoms with Gasteiger partial charge in [-0.1, -0.05) is 48.5 Å². The highest BCUT2D eigenvalue weighted by molar-refractivity contribution is 5.85. The number of hydrogen-bond acceptors (Lipinski definition) is 3. The average molecular weight is 319 g/mol. The molecule has 3 nitrogen and oxygen atoms in total. The van der Waals surface area contributed by atoms with E-state index in [4.69, 9.17) is 4.74 Å². The average Bonchev–Trinajstić information content (AvgIpc) is 2.56. The van der Waals surface area contributed by atoms with E-state index >= 15 is 0 Å². The van der Waals surface area contributed by atoms with Gasteiger partial charge in [-0.2, -0.15) is 0 Å². The summed E-state index contributed by atoms with van der Waals surface area (Å²) in [5.41, 5.74) is 2.48. The Balaban J connectivity index is 0.00000176. The van der Waals surface area contributed by atoms with Crippen molar-refractivity contribution < 1.29 is 4.74 Å². The van der Waals surface area contributed by atoms with Crippen molar-refractivity contribution in [1.82, 2.24) is 10.2 Å². The Morgan fingerprint density at radius 3 is 2.36 bits per heavy atom. The van der Waals surface area contributed by atoms with E-state index < -0.39 is 0 Å². The Labute approximate surface area is 138 Å². The van der Waals surface area contributed by atoms with Crippen LogP contribution in [0.3, 0.4) is 0 Å². The molecule has 1 fully saturated rings. The lowest BCUT2D eigenvalue weighted by Gasteiger charge is -2.27. The van der Waals surface area contributed by atoms with Gasteiger partial charge in [0.25, 0.3) is 0 Å². The summed E-state index contributed by atoms with van der Waals surface area (Å²) in [7, 11) is 0. The van der Waals surface area contributed by atoms with Crippen LogP contribution in [0.5, 0.6) is 5.75 Å². The van der Waals surface area contributed by atoms with Crippen LogP contribution in [0.1, 0.15) is 11.1 Å². The third kappa shape index (κ3) is 4.73. The van der Waals surface area contributed by atoms with Gasteiger partial charge in [-0.05, 0) is 11.6 Å². The largest absolute Gasteiger partial charge is 0.489 e. The summed E-state index contributed by atoms with van der Waals surface area (Å²) in [5, 5.41) is 3.39. The summed E-state index contributed by atoms with van der Waals surface area (Å²) < 4.78 is 6.02. The van der Waals surface area contributed by atoms with E-state index in [-0.39, 0.29) is 12.4 Å². The van der Waals surface area contributed by atoms with Crippen LogP contribution in [0.4, 0.5) is 0 Å². The standard InChI is InChI=1S/C18H22N2O.ClH/c1-2-6-16(7-3-1)15-21-18-9-5-4-8-17(18)14-20-12-10-19-11-13-20;/h1-9,19H,10-15H2;1H. The number of para-hydroxylation sites is 1. The van der Waals surface area contributed by atoms with Gasteiger partial charge in [-0.3, -0.25) is 4.90 Å². The zero-order valence-corrected chi connectivity index (χ0v) is 13.5. The van der Waals surface area contributed by atoms with Crippen LogP contribution in [-0.2, 0) is 13.2 Å². The summed E-state index contributed by atoms with van der Waals surface area (Å²) in [6, 6.07) is 18.7. The maximum Gasteiger partial charge on any atom is 0.124 e. The molecular formula is C18H23ClN2O. The fourth-order valence-electron chi connectivity index (χ4n) is 2.62. The second kappa shape index (κ2) is 8.79. The molecule has 2 aromatic rings. The van der Waals surface area contributed by atoms with Crippen LogP contribution in [0.25, 0.3) is 0 Å². The molecular weight excluding hydrogens is 296 g/mol. The zero-order chi connectivity index (χ0) is 14.3. The molecule has 4 heteroatoms. The van der Waals surface area contributed by atoms with Crippen molar-refractivity contribution in [2.45, 2.75) is 13.2 Å². The van der Waals surface area contributed by atoms with E-state index in [1.165, 1.54) is 11.1 Å². The van der Waals surface area contributed by atoms with E-state index in [1.54, 1.807) is 0 Å². The zero-order valence-electron chi connectivity index (χ0n) is 12.7. The van der Waals surface area contributed by atoms with Gasteiger partial charge >= 0.3 is 0 Å². The molecule has 1 N–H and O–H groups in total. The number of nitrogens with zero attached hydrogens (tertiary/aromatic N) is 1. The Bertz CT molecular complexity index is 556. The van der Waals surface area contributed by atoms with Crippen molar-refractivity contribution in [3.05, 3.63) is 65.7 Å². The normalized spacial score (nSPS) is 15.1. The lowest BCUT2D eigenvalue weighted by molar-refractivity contribution is 0.226. The monoisotopic (exact) mass is 318 g/mol. The fraction of sp³-hybridized carbons (Fsp3) is 0.333. The highest BCUT2D eigenvalue weighted by Gasteiger charge is 2.12. The predicted octanol–water partition coefficient (Wildman–Crippen LogP) is 3.09. The van der Waals surface area contributed by atoms with Gasteiger partial charge in [-0.25, -0.2) is 0 Å². The maximum absolute atomic E-state index is 6.02. The van der Waals surface area contributed by atoms with Gasteiger partial charge in [0.1, 0.15) is 12.4 Å². The second-order valence-electron chi connectivity index (χ2n) is 5.41. The van der Waals surface area contributed by atoms with Crippen LogP contribution >= 0.6 is 12.4 Å². The van der Waals surface area contributed by atoms with E-state index in [0.29, 0.717) is 6.61 Å². The number of halogens is 1. The first-order valence-corrected chi connectivity index (χ1v) is 7.59. The quantitative estimate of drug-likeness (QED) is 0.917. The molecule has 0 spiro atoms. The number of ether oxygens (including phenoxy) is 1. The molecule has 1 aliphatic rings. The smallest absolute Gasteiger partial charge is 0.124 e. The van der Waals surface area contributed by atoms with Gasteiger partial charge in [0.15, 0.2) is 0 Å². The molecule has 0 aliphatic carbocycles. The predicted molar refractivity (Wildman–Crippen MR) is 92.6 cm³/mol. The van der Waals surface area contributed by atoms with E-state index in [0.717, 1.165) is 38.5 Å².